The molecule has 0 fully saturated rings. The normalized spacial score (nSPS) is 1.25. The van der Waals surface area contributed by atoms with Crippen LogP contribution >= 0.6 is 0 Å². The third-order valence-electron chi connectivity index (χ3n) is 0. The number of hydrogen-bond donors (Lipinski definition) is 0. The summed E-state index contributed by atoms with van der Waals surface area (Å²) in [6.45, 7) is 2.00. The summed E-state index contributed by atoms with van der Waals surface area (Å²) in [6.07, 6.45) is 0. The summed E-state index contributed by atoms with van der Waals surface area (Å²) in [5.41, 5.74) is 0. The van der Waals surface area contributed by atoms with Crippen molar-refractivity contribution in [3.63, 3.8) is 0 Å². The van der Waals surface area contributed by atoms with E-state index in [9.17, 15) is 0 Å². The monoisotopic (exact) mass is 125 g/mol. The van der Waals surface area contributed by atoms with Crippen LogP contribution in [0.5, 0.6) is 0 Å². The van der Waals surface area contributed by atoms with Crippen molar-refractivity contribution >= 4 is 45.6 Å². The van der Waals surface area contributed by atoms with Gasteiger partial charge in [-0.05, 0) is 0 Å². The Morgan fingerprint density at radius 3 is 1.25 bits per heavy atom. The first-order chi connectivity index (χ1) is 1.00. The van der Waals surface area contributed by atoms with E-state index in [2.05, 4.69) is 0 Å². The zero-order chi connectivity index (χ0) is 2.00. The van der Waals surface area contributed by atoms with E-state index in [1.807, 2.05) is 14.7 Å². The maximum Gasteiger partial charge on any atom is 0 e. The van der Waals surface area contributed by atoms with E-state index in [0.717, 1.165) is 0 Å². The average Bonchev–Trinajstić information content (AvgIpc) is 1.00. The van der Waals surface area contributed by atoms with Gasteiger partial charge in [-0.25, -0.2) is 0 Å². The molecule has 0 spiro atoms. The van der Waals surface area contributed by atoms with Gasteiger partial charge >= 0.3 is 37.7 Å². The summed E-state index contributed by atoms with van der Waals surface area (Å²) in [5, 5.41) is 0. The second-order valence-corrected chi connectivity index (χ2v) is 0. The predicted molar refractivity (Wildman–Crippen MR) is 23.0 cm³/mol. The third-order valence-corrected chi connectivity index (χ3v) is 0. The van der Waals surface area contributed by atoms with E-state index >= 15 is 0 Å². The molecule has 0 aromatic heterocycles. The Bertz CT molecular complexity index is 8.00. The Kier molecular flexibility index (Phi) is 89.2. The molecule has 0 amide bonds. The molecule has 4 heavy (non-hydrogen) atoms. The van der Waals surface area contributed by atoms with Crippen LogP contribution in [0, 0.1) is 0 Å². The zero-order valence-corrected chi connectivity index (χ0v) is 3.56. The van der Waals surface area contributed by atoms with Gasteiger partial charge in [0.05, 0.1) is 7.85 Å². The molecule has 0 aromatic carbocycles. The quantitative estimate of drug-likeness (QED) is 0.355. The summed E-state index contributed by atoms with van der Waals surface area (Å²) >= 11 is 0. The van der Waals surface area contributed by atoms with Crippen molar-refractivity contribution in [1.82, 2.24) is 0 Å². The summed E-state index contributed by atoms with van der Waals surface area (Å²) in [5.74, 6) is 0. The van der Waals surface area contributed by atoms with Gasteiger partial charge in [0.1, 0.15) is 0 Å². The smallest absolute Gasteiger partial charge is 0 e. The van der Waals surface area contributed by atoms with Crippen LogP contribution in [0.1, 0.15) is 0 Å². The summed E-state index contributed by atoms with van der Waals surface area (Å²) < 4.78 is 0. The fraction of sp³-hybridized carbons (Fsp3) is 1.00. The molecule has 0 heterocycles. The van der Waals surface area contributed by atoms with Crippen LogP contribution in [0.4, 0.5) is 0 Å². The Hall–Kier alpha value is 1.84. The Morgan fingerprint density at radius 1 is 1.25 bits per heavy atom. The molecule has 0 aliphatic heterocycles. The van der Waals surface area contributed by atoms with Gasteiger partial charge < -0.3 is 0 Å². The molecule has 0 nitrogen and oxygen atoms in total. The van der Waals surface area contributed by atoms with Crippen LogP contribution in [-0.2, 0) is 17.1 Å². The standard InChI is InChI=1S/CH5B.Ca.Mn.2H/c1-2;;;;/h2H2,1H3;;;;. The zero-order valence-electron chi connectivity index (χ0n) is 2.38. The molecule has 0 rings (SSSR count). The van der Waals surface area contributed by atoms with E-state index in [-0.39, 0.29) is 54.8 Å². The third kappa shape index (κ3) is 9.14. The second kappa shape index (κ2) is 21.0. The molecule has 0 aromatic rings. The van der Waals surface area contributed by atoms with E-state index in [4.69, 9.17) is 0 Å². The van der Waals surface area contributed by atoms with Crippen molar-refractivity contribution in [2.45, 2.75) is 6.82 Å². The van der Waals surface area contributed by atoms with Crippen molar-refractivity contribution < 1.29 is 17.1 Å². The van der Waals surface area contributed by atoms with Crippen LogP contribution in [0.3, 0.4) is 0 Å². The minimum Gasteiger partial charge on any atom is 0 e. The predicted octanol–water partition coefficient (Wildman–Crippen LogP) is -1.25. The minimum atomic E-state index is 0. The van der Waals surface area contributed by atoms with Crippen LogP contribution < -0.4 is 0 Å². The molecule has 23 valence electrons. The van der Waals surface area contributed by atoms with Gasteiger partial charge in [0.15, 0.2) is 0 Å². The van der Waals surface area contributed by atoms with E-state index < -0.39 is 0 Å². The average molecular weight is 125 g/mol. The molecule has 1 radical (unpaired) electrons. The minimum absolute atomic E-state index is 0. The summed E-state index contributed by atoms with van der Waals surface area (Å²) in [6, 6.07) is 0. The van der Waals surface area contributed by atoms with Gasteiger partial charge in [-0.15, -0.1) is 0 Å². The van der Waals surface area contributed by atoms with Crippen molar-refractivity contribution in [3.05, 3.63) is 0 Å². The molecule has 0 aliphatic rings. The maximum atomic E-state index is 2.00. The van der Waals surface area contributed by atoms with E-state index in [1.54, 1.807) is 0 Å². The molecular weight excluding hydrogens is 118 g/mol. The van der Waals surface area contributed by atoms with Gasteiger partial charge in [0.2, 0.25) is 0 Å². The van der Waals surface area contributed by atoms with Gasteiger partial charge in [-0.2, -0.15) is 0 Å². The van der Waals surface area contributed by atoms with Crippen LogP contribution in [0.15, 0.2) is 0 Å². The molecule has 0 unspecified atom stereocenters. The SMILES string of the molecule is BC.[CaH2].[Mn]. The van der Waals surface area contributed by atoms with E-state index in [0.29, 0.717) is 0 Å². The molecule has 0 saturated heterocycles. The molecule has 0 atom stereocenters. The topological polar surface area (TPSA) is 0 Å². The molecular formula is CH7BCaMn. The number of rotatable bonds is 0. The van der Waals surface area contributed by atoms with Crippen molar-refractivity contribution in [2.75, 3.05) is 0 Å². The van der Waals surface area contributed by atoms with Gasteiger partial charge in [0.25, 0.3) is 0 Å². The molecule has 3 heteroatoms. The van der Waals surface area contributed by atoms with Crippen LogP contribution in [0.2, 0.25) is 6.82 Å². The van der Waals surface area contributed by atoms with Gasteiger partial charge in [-0.1, -0.05) is 6.82 Å². The van der Waals surface area contributed by atoms with Gasteiger partial charge in [0, 0.05) is 17.1 Å². The first kappa shape index (κ1) is 17.0. The van der Waals surface area contributed by atoms with Crippen molar-refractivity contribution in [1.29, 1.82) is 0 Å². The fourth-order valence-corrected chi connectivity index (χ4v) is 0. The Labute approximate surface area is 68.6 Å². The van der Waals surface area contributed by atoms with E-state index in [1.165, 1.54) is 0 Å². The first-order valence-electron chi connectivity index (χ1n) is 1.00. The summed E-state index contributed by atoms with van der Waals surface area (Å²) in [4.78, 5) is 0. The molecule has 0 N–H and O–H groups in total. The Morgan fingerprint density at radius 2 is 1.25 bits per heavy atom. The van der Waals surface area contributed by atoms with Crippen LogP contribution in [0.25, 0.3) is 0 Å². The fourth-order valence-electron chi connectivity index (χ4n) is 0. The summed E-state index contributed by atoms with van der Waals surface area (Å²) in [7, 11) is 2.00. The van der Waals surface area contributed by atoms with Gasteiger partial charge in [-0.3, -0.25) is 0 Å². The Balaban J connectivity index is -0.00000000500. The second-order valence-electron chi connectivity index (χ2n) is 0. The number of hydrogen-bond acceptors (Lipinski definition) is 0. The molecule has 0 saturated carbocycles. The molecule has 0 aliphatic carbocycles. The maximum absolute atomic E-state index is 2.00. The largest absolute Gasteiger partial charge is 0 e. The first-order valence-corrected chi connectivity index (χ1v) is 1.00. The molecule has 0 bridgehead atoms. The van der Waals surface area contributed by atoms with Crippen molar-refractivity contribution in [2.24, 2.45) is 0 Å². The van der Waals surface area contributed by atoms with Crippen LogP contribution in [-0.4, -0.2) is 45.6 Å². The van der Waals surface area contributed by atoms with Crippen molar-refractivity contribution in [3.8, 4) is 0 Å².